The fourth-order valence-electron chi connectivity index (χ4n) is 3.47. The molecule has 0 fully saturated rings. The standard InChI is InChI=1S/C29H29F3O4/c1-5-34-27(33)8-6-7-21-9-10-22(20-11-15-25(16-12-20)36-29(30,31)32)19-26(21)35-24-17-13-23(14-18-24)28(2,3)4/h6,8-19H,5,7H2,1-4H3/b8-6+. The van der Waals surface area contributed by atoms with Crippen LogP contribution in [0.15, 0.2) is 78.9 Å². The van der Waals surface area contributed by atoms with E-state index in [-0.39, 0.29) is 11.2 Å². The summed E-state index contributed by atoms with van der Waals surface area (Å²) < 4.78 is 52.5. The molecule has 0 bridgehead atoms. The van der Waals surface area contributed by atoms with Gasteiger partial charge in [0.2, 0.25) is 0 Å². The lowest BCUT2D eigenvalue weighted by Gasteiger charge is -2.19. The molecule has 0 heterocycles. The van der Waals surface area contributed by atoms with Crippen molar-refractivity contribution < 1.29 is 32.2 Å². The van der Waals surface area contributed by atoms with Crippen molar-refractivity contribution in [1.29, 1.82) is 0 Å². The number of hydrogen-bond donors (Lipinski definition) is 0. The van der Waals surface area contributed by atoms with Gasteiger partial charge in [-0.25, -0.2) is 4.79 Å². The largest absolute Gasteiger partial charge is 0.573 e. The molecular formula is C29H29F3O4. The van der Waals surface area contributed by atoms with E-state index in [2.05, 4.69) is 25.5 Å². The lowest BCUT2D eigenvalue weighted by Crippen LogP contribution is -2.16. The molecule has 0 unspecified atom stereocenters. The summed E-state index contributed by atoms with van der Waals surface area (Å²) >= 11 is 0. The van der Waals surface area contributed by atoms with Crippen LogP contribution < -0.4 is 9.47 Å². The Labute approximate surface area is 209 Å². The maximum atomic E-state index is 12.5. The third-order valence-corrected chi connectivity index (χ3v) is 5.31. The number of carbonyl (C=O) groups excluding carboxylic acids is 1. The second-order valence-corrected chi connectivity index (χ2v) is 9.13. The molecule has 190 valence electrons. The zero-order chi connectivity index (χ0) is 26.3. The van der Waals surface area contributed by atoms with Crippen molar-refractivity contribution in [3.8, 4) is 28.4 Å². The number of esters is 1. The summed E-state index contributed by atoms with van der Waals surface area (Å²) in [5.41, 5.74) is 3.46. The van der Waals surface area contributed by atoms with Gasteiger partial charge in [0.05, 0.1) is 6.61 Å². The van der Waals surface area contributed by atoms with Crippen LogP contribution in [0.2, 0.25) is 0 Å². The number of allylic oxidation sites excluding steroid dienone is 1. The molecule has 0 N–H and O–H groups in total. The van der Waals surface area contributed by atoms with Gasteiger partial charge < -0.3 is 14.2 Å². The van der Waals surface area contributed by atoms with Gasteiger partial charge in [-0.15, -0.1) is 13.2 Å². The molecule has 0 aromatic heterocycles. The average molecular weight is 499 g/mol. The van der Waals surface area contributed by atoms with Crippen molar-refractivity contribution in [3.05, 3.63) is 90.0 Å². The van der Waals surface area contributed by atoms with E-state index in [0.717, 1.165) is 11.1 Å². The third-order valence-electron chi connectivity index (χ3n) is 5.31. The highest BCUT2D eigenvalue weighted by Gasteiger charge is 2.31. The summed E-state index contributed by atoms with van der Waals surface area (Å²) in [5.74, 6) is 0.503. The van der Waals surface area contributed by atoms with Gasteiger partial charge in [0, 0.05) is 6.08 Å². The van der Waals surface area contributed by atoms with Crippen molar-refractivity contribution in [2.45, 2.75) is 45.9 Å². The second kappa shape index (κ2) is 11.3. The maximum absolute atomic E-state index is 12.5. The van der Waals surface area contributed by atoms with Gasteiger partial charge in [0.1, 0.15) is 17.2 Å². The Morgan fingerprint density at radius 3 is 2.06 bits per heavy atom. The van der Waals surface area contributed by atoms with E-state index in [1.807, 2.05) is 42.5 Å². The van der Waals surface area contributed by atoms with Crippen LogP contribution in [0.1, 0.15) is 38.8 Å². The van der Waals surface area contributed by atoms with Crippen LogP contribution in [-0.2, 0) is 21.4 Å². The first-order valence-corrected chi connectivity index (χ1v) is 11.6. The van der Waals surface area contributed by atoms with E-state index < -0.39 is 12.3 Å². The van der Waals surface area contributed by atoms with Gasteiger partial charge in [-0.1, -0.05) is 63.2 Å². The Balaban J connectivity index is 1.90. The number of rotatable bonds is 8. The molecule has 0 atom stereocenters. The van der Waals surface area contributed by atoms with E-state index in [0.29, 0.717) is 30.1 Å². The molecule has 3 aromatic rings. The number of ether oxygens (including phenoxy) is 3. The summed E-state index contributed by atoms with van der Waals surface area (Å²) in [6.45, 7) is 8.43. The maximum Gasteiger partial charge on any atom is 0.573 e. The number of hydrogen-bond acceptors (Lipinski definition) is 4. The minimum atomic E-state index is -4.75. The topological polar surface area (TPSA) is 44.8 Å². The molecule has 3 rings (SSSR count). The molecule has 4 nitrogen and oxygen atoms in total. The Morgan fingerprint density at radius 1 is 0.861 bits per heavy atom. The second-order valence-electron chi connectivity index (χ2n) is 9.13. The molecule has 0 radical (unpaired) electrons. The molecule has 0 saturated heterocycles. The summed E-state index contributed by atoms with van der Waals surface area (Å²) in [6.07, 6.45) is -1.25. The summed E-state index contributed by atoms with van der Waals surface area (Å²) in [5, 5.41) is 0. The Bertz CT molecular complexity index is 1190. The number of halogens is 3. The van der Waals surface area contributed by atoms with Gasteiger partial charge in [0.15, 0.2) is 0 Å². The lowest BCUT2D eigenvalue weighted by atomic mass is 9.87. The Morgan fingerprint density at radius 2 is 1.47 bits per heavy atom. The number of carbonyl (C=O) groups is 1. The fourth-order valence-corrected chi connectivity index (χ4v) is 3.47. The van der Waals surface area contributed by atoms with Crippen LogP contribution >= 0.6 is 0 Å². The van der Waals surface area contributed by atoms with E-state index in [9.17, 15) is 18.0 Å². The van der Waals surface area contributed by atoms with Gasteiger partial charge in [-0.2, -0.15) is 0 Å². The van der Waals surface area contributed by atoms with Gasteiger partial charge in [0.25, 0.3) is 0 Å². The van der Waals surface area contributed by atoms with Crippen molar-refractivity contribution in [2.75, 3.05) is 6.61 Å². The van der Waals surface area contributed by atoms with E-state index >= 15 is 0 Å². The zero-order valence-corrected chi connectivity index (χ0v) is 20.7. The molecule has 0 aliphatic carbocycles. The predicted octanol–water partition coefficient (Wildman–Crippen LogP) is 8.00. The van der Waals surface area contributed by atoms with Crippen molar-refractivity contribution in [1.82, 2.24) is 0 Å². The van der Waals surface area contributed by atoms with Crippen LogP contribution in [-0.4, -0.2) is 18.9 Å². The molecule has 0 spiro atoms. The fraction of sp³-hybridized carbons (Fsp3) is 0.276. The molecule has 0 aliphatic heterocycles. The smallest absolute Gasteiger partial charge is 0.463 e. The number of alkyl halides is 3. The first-order valence-electron chi connectivity index (χ1n) is 11.6. The summed E-state index contributed by atoms with van der Waals surface area (Å²) in [6, 6.07) is 19.0. The minimum Gasteiger partial charge on any atom is -0.463 e. The first-order chi connectivity index (χ1) is 16.9. The van der Waals surface area contributed by atoms with E-state index in [1.165, 1.54) is 23.8 Å². The summed E-state index contributed by atoms with van der Waals surface area (Å²) in [7, 11) is 0. The average Bonchev–Trinajstić information content (AvgIpc) is 2.79. The molecule has 0 amide bonds. The quantitative estimate of drug-likeness (QED) is 0.233. The van der Waals surface area contributed by atoms with Gasteiger partial charge >= 0.3 is 12.3 Å². The zero-order valence-electron chi connectivity index (χ0n) is 20.7. The Kier molecular flexibility index (Phi) is 8.45. The molecular weight excluding hydrogens is 469 g/mol. The van der Waals surface area contributed by atoms with Crippen LogP contribution in [0.25, 0.3) is 11.1 Å². The van der Waals surface area contributed by atoms with Crippen molar-refractivity contribution in [3.63, 3.8) is 0 Å². The highest BCUT2D eigenvalue weighted by Crippen LogP contribution is 2.34. The van der Waals surface area contributed by atoms with Crippen LogP contribution in [0, 0.1) is 0 Å². The normalized spacial score (nSPS) is 12.0. The molecule has 0 aliphatic rings. The van der Waals surface area contributed by atoms with Gasteiger partial charge in [-0.05, 0) is 71.3 Å². The first kappa shape index (κ1) is 26.9. The van der Waals surface area contributed by atoms with Crippen LogP contribution in [0.3, 0.4) is 0 Å². The van der Waals surface area contributed by atoms with E-state index in [4.69, 9.17) is 9.47 Å². The SMILES string of the molecule is CCOC(=O)/C=C/Cc1ccc(-c2ccc(OC(F)(F)F)cc2)cc1Oc1ccc(C(C)(C)C)cc1. The van der Waals surface area contributed by atoms with Crippen molar-refractivity contribution >= 4 is 5.97 Å². The summed E-state index contributed by atoms with van der Waals surface area (Å²) in [4.78, 5) is 11.7. The molecule has 7 heteroatoms. The lowest BCUT2D eigenvalue weighted by molar-refractivity contribution is -0.274. The van der Waals surface area contributed by atoms with E-state index in [1.54, 1.807) is 25.1 Å². The highest BCUT2D eigenvalue weighted by molar-refractivity contribution is 5.81. The van der Waals surface area contributed by atoms with Crippen LogP contribution in [0.5, 0.6) is 17.2 Å². The monoisotopic (exact) mass is 498 g/mol. The van der Waals surface area contributed by atoms with Crippen molar-refractivity contribution in [2.24, 2.45) is 0 Å². The molecule has 36 heavy (non-hydrogen) atoms. The Hall–Kier alpha value is -3.74. The minimum absolute atomic E-state index is 0.00346. The molecule has 3 aromatic carbocycles. The van der Waals surface area contributed by atoms with Crippen LogP contribution in [0.4, 0.5) is 13.2 Å². The van der Waals surface area contributed by atoms with Gasteiger partial charge in [-0.3, -0.25) is 0 Å². The third kappa shape index (κ3) is 7.90. The number of benzene rings is 3. The predicted molar refractivity (Wildman–Crippen MR) is 133 cm³/mol. The highest BCUT2D eigenvalue weighted by atomic mass is 19.4. The molecule has 0 saturated carbocycles.